The summed E-state index contributed by atoms with van der Waals surface area (Å²) in [6.45, 7) is 4.45. The van der Waals surface area contributed by atoms with Crippen LogP contribution in [0.4, 0.5) is 17.1 Å². The number of carbonyl (C=O) groups excluding carboxylic acids is 3. The van der Waals surface area contributed by atoms with E-state index in [0.29, 0.717) is 35.5 Å². The smallest absolute Gasteiger partial charge is 0.270 e. The number of para-hydroxylation sites is 1. The minimum absolute atomic E-state index is 0.108. The van der Waals surface area contributed by atoms with E-state index in [-0.39, 0.29) is 23.1 Å². The summed E-state index contributed by atoms with van der Waals surface area (Å²) in [5, 5.41) is 17.7. The molecule has 4 atom stereocenters. The van der Waals surface area contributed by atoms with Crippen molar-refractivity contribution in [2.45, 2.75) is 43.7 Å². The van der Waals surface area contributed by atoms with Gasteiger partial charge in [-0.25, -0.2) is 0 Å². The van der Waals surface area contributed by atoms with Crippen molar-refractivity contribution in [3.63, 3.8) is 0 Å². The van der Waals surface area contributed by atoms with Gasteiger partial charge in [0.05, 0.1) is 10.8 Å². The average molecular weight is 523 g/mol. The van der Waals surface area contributed by atoms with E-state index in [1.165, 1.54) is 24.3 Å². The fraction of sp³-hybridized carbons (Fsp3) is 0.300. The van der Waals surface area contributed by atoms with Crippen LogP contribution in [-0.2, 0) is 20.5 Å². The summed E-state index contributed by atoms with van der Waals surface area (Å²) < 4.78 is 0. The molecule has 0 saturated carbocycles. The summed E-state index contributed by atoms with van der Waals surface area (Å²) in [7, 11) is 0. The number of ketones is 1. The molecule has 2 amide bonds. The van der Waals surface area contributed by atoms with Crippen molar-refractivity contribution in [3.05, 3.63) is 98.6 Å². The minimum Gasteiger partial charge on any atom is -0.325 e. The van der Waals surface area contributed by atoms with Gasteiger partial charge in [-0.3, -0.25) is 29.4 Å². The number of anilines is 2. The first-order valence-electron chi connectivity index (χ1n) is 13.1. The molecular weight excluding hydrogens is 496 g/mol. The third-order valence-electron chi connectivity index (χ3n) is 9.44. The van der Waals surface area contributed by atoms with Gasteiger partial charge in [-0.15, -0.1) is 0 Å². The molecule has 39 heavy (non-hydrogen) atoms. The number of fused-ring (bicyclic) bond motifs is 7. The highest BCUT2D eigenvalue weighted by molar-refractivity contribution is 6.19. The standard InChI is InChI=1S/C30H26N4O5/c1-16-12-13-21-24(17(16)2)32-28(37)30(21)26(25(35)18-7-5-8-19(15-18)34(38)39)29(23-11-6-14-33(23)30)20-9-3-4-10-22(20)31-27(29)36/h3-5,7-10,12-13,15,23,26H,6,11,14H2,1-2H3,(H,31,36)(H,32,37). The lowest BCUT2D eigenvalue weighted by Gasteiger charge is -2.38. The van der Waals surface area contributed by atoms with Crippen molar-refractivity contribution >= 4 is 34.7 Å². The maximum Gasteiger partial charge on any atom is 0.270 e. The highest BCUT2D eigenvalue weighted by Gasteiger charge is 2.78. The maximum atomic E-state index is 14.8. The number of nitro benzene ring substituents is 1. The number of hydrogen-bond donors (Lipinski definition) is 2. The number of nitro groups is 1. The molecule has 9 heteroatoms. The first-order chi connectivity index (χ1) is 18.7. The summed E-state index contributed by atoms with van der Waals surface area (Å²) in [5.41, 5.74) is 1.66. The summed E-state index contributed by atoms with van der Waals surface area (Å²) in [6.07, 6.45) is 1.41. The van der Waals surface area contributed by atoms with Gasteiger partial charge in [-0.05, 0) is 56.0 Å². The predicted molar refractivity (Wildman–Crippen MR) is 144 cm³/mol. The highest BCUT2D eigenvalue weighted by atomic mass is 16.6. The highest BCUT2D eigenvalue weighted by Crippen LogP contribution is 2.66. The summed E-state index contributed by atoms with van der Waals surface area (Å²) in [4.78, 5) is 56.6. The molecule has 2 N–H and O–H groups in total. The molecule has 0 bridgehead atoms. The van der Waals surface area contributed by atoms with E-state index in [1.54, 1.807) is 0 Å². The fourth-order valence-electron chi connectivity index (χ4n) is 7.80. The first-order valence-corrected chi connectivity index (χ1v) is 13.1. The lowest BCUT2D eigenvalue weighted by atomic mass is 9.60. The van der Waals surface area contributed by atoms with Crippen LogP contribution < -0.4 is 10.6 Å². The minimum atomic E-state index is -1.45. The molecule has 196 valence electrons. The van der Waals surface area contributed by atoms with Crippen LogP contribution in [0.25, 0.3) is 0 Å². The number of benzene rings is 3. The van der Waals surface area contributed by atoms with Crippen LogP contribution >= 0.6 is 0 Å². The summed E-state index contributed by atoms with van der Waals surface area (Å²) in [6, 6.07) is 16.4. The van der Waals surface area contributed by atoms with Crippen LogP contribution in [0, 0.1) is 29.9 Å². The number of rotatable bonds is 3. The van der Waals surface area contributed by atoms with E-state index in [9.17, 15) is 24.5 Å². The molecule has 2 saturated heterocycles. The number of carbonyl (C=O) groups is 3. The van der Waals surface area contributed by atoms with Crippen molar-refractivity contribution in [1.82, 2.24) is 4.90 Å². The van der Waals surface area contributed by atoms with Crippen LogP contribution in [0.15, 0.2) is 60.7 Å². The zero-order chi connectivity index (χ0) is 27.3. The van der Waals surface area contributed by atoms with Gasteiger partial charge in [0.2, 0.25) is 11.8 Å². The Hall–Kier alpha value is -4.37. The van der Waals surface area contributed by atoms with Crippen LogP contribution in [0.2, 0.25) is 0 Å². The van der Waals surface area contributed by atoms with Gasteiger partial charge in [0, 0.05) is 40.7 Å². The van der Waals surface area contributed by atoms with Gasteiger partial charge in [0.25, 0.3) is 5.69 Å². The first kappa shape index (κ1) is 23.7. The second kappa shape index (κ2) is 7.83. The SMILES string of the molecule is Cc1ccc2c(c1C)NC(=O)C21C(C(=O)c2cccc([N+](=O)[O-])c2)C2(C(=O)Nc3ccccc32)C2CCCN21. The summed E-state index contributed by atoms with van der Waals surface area (Å²) in [5.74, 6) is -2.26. The molecule has 4 unspecified atom stereocenters. The predicted octanol–water partition coefficient (Wildman–Crippen LogP) is 4.23. The number of aryl methyl sites for hydroxylation is 1. The number of Topliss-reactive ketones (excluding diaryl/α,β-unsaturated/α-hetero) is 1. The normalized spacial score (nSPS) is 28.4. The zero-order valence-corrected chi connectivity index (χ0v) is 21.5. The molecule has 3 aromatic carbocycles. The molecule has 7 rings (SSSR count). The van der Waals surface area contributed by atoms with Gasteiger partial charge in [-0.2, -0.15) is 0 Å². The molecule has 4 aliphatic heterocycles. The van der Waals surface area contributed by atoms with E-state index in [2.05, 4.69) is 15.5 Å². The molecule has 4 heterocycles. The molecule has 2 fully saturated rings. The quantitative estimate of drug-likeness (QED) is 0.302. The Morgan fingerprint density at radius 1 is 1.00 bits per heavy atom. The van der Waals surface area contributed by atoms with Crippen molar-refractivity contribution in [3.8, 4) is 0 Å². The summed E-state index contributed by atoms with van der Waals surface area (Å²) >= 11 is 0. The van der Waals surface area contributed by atoms with Crippen molar-refractivity contribution in [1.29, 1.82) is 0 Å². The van der Waals surface area contributed by atoms with E-state index >= 15 is 0 Å². The number of hydrogen-bond acceptors (Lipinski definition) is 6. The molecule has 0 radical (unpaired) electrons. The lowest BCUT2D eigenvalue weighted by Crippen LogP contribution is -2.55. The van der Waals surface area contributed by atoms with E-state index in [0.717, 1.165) is 17.5 Å². The lowest BCUT2D eigenvalue weighted by molar-refractivity contribution is -0.384. The monoisotopic (exact) mass is 522 g/mol. The van der Waals surface area contributed by atoms with Crippen LogP contribution in [0.3, 0.4) is 0 Å². The Balaban J connectivity index is 1.58. The Kier molecular flexibility index (Phi) is 4.76. The molecular formula is C30H26N4O5. The fourth-order valence-corrected chi connectivity index (χ4v) is 7.80. The van der Waals surface area contributed by atoms with Crippen LogP contribution in [-0.4, -0.2) is 40.0 Å². The molecule has 2 spiro atoms. The zero-order valence-electron chi connectivity index (χ0n) is 21.5. The number of nitrogens with zero attached hydrogens (tertiary/aromatic N) is 2. The van der Waals surface area contributed by atoms with Gasteiger partial charge >= 0.3 is 0 Å². The van der Waals surface area contributed by atoms with Crippen molar-refractivity contribution in [2.75, 3.05) is 17.2 Å². The Labute approximate surface area is 224 Å². The molecule has 4 aliphatic rings. The molecule has 0 aromatic heterocycles. The molecule has 9 nitrogen and oxygen atoms in total. The maximum absolute atomic E-state index is 14.8. The van der Waals surface area contributed by atoms with Crippen LogP contribution in [0.1, 0.15) is 45.5 Å². The number of non-ortho nitro benzene ring substituents is 1. The molecule has 0 aliphatic carbocycles. The average Bonchev–Trinajstić information content (AvgIpc) is 3.65. The van der Waals surface area contributed by atoms with Gasteiger partial charge in [0.1, 0.15) is 11.0 Å². The molecule has 3 aromatic rings. The van der Waals surface area contributed by atoms with Crippen molar-refractivity contribution < 1.29 is 19.3 Å². The van der Waals surface area contributed by atoms with Crippen LogP contribution in [0.5, 0.6) is 0 Å². The topological polar surface area (TPSA) is 122 Å². The second-order valence-electron chi connectivity index (χ2n) is 11.0. The third-order valence-corrected chi connectivity index (χ3v) is 9.44. The van der Waals surface area contributed by atoms with Gasteiger partial charge in [0.15, 0.2) is 5.78 Å². The van der Waals surface area contributed by atoms with E-state index in [1.807, 2.05) is 50.2 Å². The van der Waals surface area contributed by atoms with E-state index in [4.69, 9.17) is 0 Å². The number of nitrogens with one attached hydrogen (secondary N) is 2. The Morgan fingerprint density at radius 3 is 2.59 bits per heavy atom. The second-order valence-corrected chi connectivity index (χ2v) is 11.0. The van der Waals surface area contributed by atoms with Gasteiger partial charge < -0.3 is 10.6 Å². The van der Waals surface area contributed by atoms with E-state index < -0.39 is 33.6 Å². The third kappa shape index (κ3) is 2.70. The Morgan fingerprint density at radius 2 is 1.79 bits per heavy atom. The van der Waals surface area contributed by atoms with Crippen molar-refractivity contribution in [2.24, 2.45) is 5.92 Å². The Bertz CT molecular complexity index is 1650. The number of amides is 2. The van der Waals surface area contributed by atoms with Gasteiger partial charge in [-0.1, -0.05) is 42.5 Å². The largest absolute Gasteiger partial charge is 0.325 e.